The third kappa shape index (κ3) is 3.18. The van der Waals surface area contributed by atoms with Gasteiger partial charge in [0.1, 0.15) is 23.1 Å². The highest BCUT2D eigenvalue weighted by Gasteiger charge is 2.18. The summed E-state index contributed by atoms with van der Waals surface area (Å²) in [5.41, 5.74) is 0.425. The number of benzene rings is 1. The first-order chi connectivity index (χ1) is 8.88. The zero-order chi connectivity index (χ0) is 14.0. The molecule has 0 saturated carbocycles. The molecule has 0 aliphatic heterocycles. The third-order valence-electron chi connectivity index (χ3n) is 2.31. The van der Waals surface area contributed by atoms with Crippen molar-refractivity contribution in [2.75, 3.05) is 4.72 Å². The van der Waals surface area contributed by atoms with Crippen LogP contribution in [0.25, 0.3) is 0 Å². The van der Waals surface area contributed by atoms with Gasteiger partial charge in [-0.25, -0.2) is 22.8 Å². The second-order valence-corrected chi connectivity index (χ2v) is 5.78. The normalized spacial score (nSPS) is 11.3. The highest BCUT2D eigenvalue weighted by Crippen LogP contribution is 2.20. The number of sulfonamides is 1. The molecule has 0 aliphatic rings. The highest BCUT2D eigenvalue weighted by atomic mass is 35.5. The van der Waals surface area contributed by atoms with Gasteiger partial charge in [-0.2, -0.15) is 0 Å². The maximum atomic E-state index is 13.1. The lowest BCUT2D eigenvalue weighted by Gasteiger charge is -2.09. The fraction of sp³-hybridized carbons (Fsp3) is 0.0909. The topological polar surface area (TPSA) is 72.0 Å². The van der Waals surface area contributed by atoms with E-state index in [1.165, 1.54) is 18.2 Å². The molecule has 0 spiro atoms. The second-order valence-electron chi connectivity index (χ2n) is 3.74. The monoisotopic (exact) mass is 301 g/mol. The first-order valence-corrected chi connectivity index (χ1v) is 7.01. The Balaban J connectivity index is 2.40. The van der Waals surface area contributed by atoms with Crippen molar-refractivity contribution in [3.05, 3.63) is 47.1 Å². The Hall–Kier alpha value is -1.73. The lowest BCUT2D eigenvalue weighted by molar-refractivity contribution is 0.594. The number of aryl methyl sites for hydroxylation is 1. The van der Waals surface area contributed by atoms with Crippen molar-refractivity contribution in [1.29, 1.82) is 0 Å². The van der Waals surface area contributed by atoms with Crippen molar-refractivity contribution >= 4 is 27.4 Å². The number of anilines is 1. The largest absolute Gasteiger partial charge is 0.263 e. The maximum absolute atomic E-state index is 13.1. The molecule has 8 heteroatoms. The highest BCUT2D eigenvalue weighted by molar-refractivity contribution is 7.92. The van der Waals surface area contributed by atoms with Gasteiger partial charge in [-0.1, -0.05) is 17.7 Å². The van der Waals surface area contributed by atoms with Gasteiger partial charge in [-0.05, 0) is 24.6 Å². The summed E-state index contributed by atoms with van der Waals surface area (Å²) in [6.45, 7) is 1.57. The third-order valence-corrected chi connectivity index (χ3v) is 4.02. The summed E-state index contributed by atoms with van der Waals surface area (Å²) in [5.74, 6) is -0.615. The zero-order valence-electron chi connectivity index (χ0n) is 9.76. The zero-order valence-corrected chi connectivity index (χ0v) is 11.3. The van der Waals surface area contributed by atoms with Crippen LogP contribution < -0.4 is 4.72 Å². The van der Waals surface area contributed by atoms with Crippen LogP contribution in [0.3, 0.4) is 0 Å². The molecule has 1 aromatic heterocycles. The molecule has 1 heterocycles. The summed E-state index contributed by atoms with van der Waals surface area (Å²) in [5, 5.41) is 0.101. The van der Waals surface area contributed by atoms with Gasteiger partial charge in [0.15, 0.2) is 0 Å². The van der Waals surface area contributed by atoms with Gasteiger partial charge >= 0.3 is 0 Å². The van der Waals surface area contributed by atoms with E-state index in [-0.39, 0.29) is 15.9 Å². The van der Waals surface area contributed by atoms with Crippen molar-refractivity contribution < 1.29 is 12.8 Å². The van der Waals surface area contributed by atoms with Crippen LogP contribution in [0.4, 0.5) is 10.2 Å². The van der Waals surface area contributed by atoms with Gasteiger partial charge in [0.05, 0.1) is 4.90 Å². The quantitative estimate of drug-likeness (QED) is 0.884. The van der Waals surface area contributed by atoms with Crippen molar-refractivity contribution in [1.82, 2.24) is 9.97 Å². The molecule has 1 aromatic carbocycles. The van der Waals surface area contributed by atoms with Crippen LogP contribution in [0.2, 0.25) is 5.15 Å². The van der Waals surface area contributed by atoms with Gasteiger partial charge in [-0.3, -0.25) is 4.72 Å². The molecular formula is C11H9ClFN3O2S. The number of rotatable bonds is 3. The molecule has 0 saturated heterocycles. The molecule has 0 amide bonds. The van der Waals surface area contributed by atoms with Crippen molar-refractivity contribution in [2.45, 2.75) is 11.8 Å². The summed E-state index contributed by atoms with van der Waals surface area (Å²) < 4.78 is 39.6. The maximum Gasteiger partial charge on any atom is 0.263 e. The molecule has 2 rings (SSSR count). The smallest absolute Gasteiger partial charge is 0.263 e. The predicted molar refractivity (Wildman–Crippen MR) is 69.0 cm³/mol. The Morgan fingerprint density at radius 1 is 1.26 bits per heavy atom. The predicted octanol–water partition coefficient (Wildman–Crippen LogP) is 2.38. The average molecular weight is 302 g/mol. The minimum Gasteiger partial charge on any atom is -0.263 e. The molecule has 2 aromatic rings. The van der Waals surface area contributed by atoms with Gasteiger partial charge in [0, 0.05) is 6.07 Å². The SMILES string of the molecule is Cc1ccc(F)cc1S(=O)(=O)Nc1cc(Cl)ncn1. The summed E-state index contributed by atoms with van der Waals surface area (Å²) >= 11 is 5.63. The second kappa shape index (κ2) is 5.10. The van der Waals surface area contributed by atoms with E-state index in [0.717, 1.165) is 12.4 Å². The Labute approximate surface area is 114 Å². The lowest BCUT2D eigenvalue weighted by atomic mass is 10.2. The number of nitrogens with one attached hydrogen (secondary N) is 1. The minimum atomic E-state index is -3.92. The first kappa shape index (κ1) is 13.7. The van der Waals surface area contributed by atoms with Crippen molar-refractivity contribution in [2.24, 2.45) is 0 Å². The Bertz CT molecular complexity index is 722. The molecular weight excluding hydrogens is 293 g/mol. The number of nitrogens with zero attached hydrogens (tertiary/aromatic N) is 2. The molecule has 19 heavy (non-hydrogen) atoms. The van der Waals surface area contributed by atoms with Crippen LogP contribution >= 0.6 is 11.6 Å². The summed E-state index contributed by atoms with van der Waals surface area (Å²) in [7, 11) is -3.92. The molecule has 0 fully saturated rings. The molecule has 0 bridgehead atoms. The fourth-order valence-corrected chi connectivity index (χ4v) is 2.85. The van der Waals surface area contributed by atoms with Crippen LogP contribution in [0, 0.1) is 12.7 Å². The van der Waals surface area contributed by atoms with E-state index >= 15 is 0 Å². The van der Waals surface area contributed by atoms with Gasteiger partial charge in [-0.15, -0.1) is 0 Å². The standard InChI is InChI=1S/C11H9ClFN3O2S/c1-7-2-3-8(13)4-9(7)19(17,18)16-11-5-10(12)14-6-15-11/h2-6H,1H3,(H,14,15,16). The van der Waals surface area contributed by atoms with Crippen molar-refractivity contribution in [3.8, 4) is 0 Å². The van der Waals surface area contributed by atoms with Crippen LogP contribution in [0.15, 0.2) is 35.5 Å². The van der Waals surface area contributed by atoms with Crippen molar-refractivity contribution in [3.63, 3.8) is 0 Å². The van der Waals surface area contributed by atoms with Crippen LogP contribution in [0.5, 0.6) is 0 Å². The molecule has 0 atom stereocenters. The molecule has 0 unspecified atom stereocenters. The summed E-state index contributed by atoms with van der Waals surface area (Å²) in [6, 6.07) is 4.78. The molecule has 5 nitrogen and oxygen atoms in total. The summed E-state index contributed by atoms with van der Waals surface area (Å²) in [6.07, 6.45) is 1.12. The fourth-order valence-electron chi connectivity index (χ4n) is 1.45. The number of aromatic nitrogens is 2. The van der Waals surface area contributed by atoms with E-state index < -0.39 is 15.8 Å². The van der Waals surface area contributed by atoms with Gasteiger partial charge in [0.25, 0.3) is 10.0 Å². The lowest BCUT2D eigenvalue weighted by Crippen LogP contribution is -2.15. The number of hydrogen-bond donors (Lipinski definition) is 1. The van der Waals surface area contributed by atoms with Gasteiger partial charge in [0.2, 0.25) is 0 Å². The first-order valence-electron chi connectivity index (χ1n) is 5.15. The molecule has 100 valence electrons. The van der Waals surface area contributed by atoms with E-state index in [9.17, 15) is 12.8 Å². The molecule has 0 aliphatic carbocycles. The van der Waals surface area contributed by atoms with Crippen LogP contribution in [-0.2, 0) is 10.0 Å². The summed E-state index contributed by atoms with van der Waals surface area (Å²) in [4.78, 5) is 7.21. The van der Waals surface area contributed by atoms with E-state index in [1.807, 2.05) is 0 Å². The van der Waals surface area contributed by atoms with Crippen LogP contribution in [0.1, 0.15) is 5.56 Å². The minimum absolute atomic E-state index is 0.0173. The number of halogens is 2. The molecule has 1 N–H and O–H groups in total. The number of hydrogen-bond acceptors (Lipinski definition) is 4. The van der Waals surface area contributed by atoms with E-state index in [0.29, 0.717) is 5.56 Å². The molecule has 0 radical (unpaired) electrons. The average Bonchev–Trinajstić information content (AvgIpc) is 2.31. The Morgan fingerprint density at radius 2 is 2.00 bits per heavy atom. The van der Waals surface area contributed by atoms with Crippen LogP contribution in [-0.4, -0.2) is 18.4 Å². The Kier molecular flexibility index (Phi) is 3.68. The van der Waals surface area contributed by atoms with E-state index in [4.69, 9.17) is 11.6 Å². The van der Waals surface area contributed by atoms with E-state index in [2.05, 4.69) is 14.7 Å². The van der Waals surface area contributed by atoms with Gasteiger partial charge < -0.3 is 0 Å². The van der Waals surface area contributed by atoms with E-state index in [1.54, 1.807) is 6.92 Å². The Morgan fingerprint density at radius 3 is 2.68 bits per heavy atom.